The molecule has 0 saturated carbocycles. The van der Waals surface area contributed by atoms with Gasteiger partial charge in [0, 0.05) is 26.2 Å². The number of morpholine rings is 1. The second-order valence-electron chi connectivity index (χ2n) is 10.4. The van der Waals surface area contributed by atoms with Gasteiger partial charge in [-0.2, -0.15) is 4.31 Å². The van der Waals surface area contributed by atoms with Crippen LogP contribution in [0.3, 0.4) is 0 Å². The van der Waals surface area contributed by atoms with Crippen molar-refractivity contribution in [2.45, 2.75) is 30.6 Å². The quantitative estimate of drug-likeness (QED) is 0.259. The number of thiazole rings is 1. The van der Waals surface area contributed by atoms with E-state index in [9.17, 15) is 13.2 Å². The zero-order chi connectivity index (χ0) is 28.2. The molecular weight excluding hydrogens is 560 g/mol. The van der Waals surface area contributed by atoms with Gasteiger partial charge >= 0.3 is 0 Å². The third kappa shape index (κ3) is 6.39. The summed E-state index contributed by atoms with van der Waals surface area (Å²) in [5, 5.41) is 5.27. The number of ether oxygens (including phenoxy) is 2. The third-order valence-electron chi connectivity index (χ3n) is 7.61. The number of rotatable bonds is 10. The number of nitrogens with zero attached hydrogens (tertiary/aromatic N) is 3. The summed E-state index contributed by atoms with van der Waals surface area (Å²) in [7, 11) is -3.53. The normalized spacial score (nSPS) is 16.9. The van der Waals surface area contributed by atoms with Crippen molar-refractivity contribution in [3.8, 4) is 5.75 Å². The van der Waals surface area contributed by atoms with E-state index < -0.39 is 10.0 Å². The Morgan fingerprint density at radius 3 is 2.51 bits per heavy atom. The standard InChI is InChI=1S/C30H34N4O5S2/c35-29(32-30-31-26-10-9-24(21-28(26)40-30)41(36,37)34-12-3-4-13-34)25-19-22-7-1-2-8-23(22)20-27(25)39-16-6-5-11-33-14-17-38-18-15-33/h1-2,7-10,19-21H,3-6,11-18H2,(H,31,32,35). The molecule has 2 aliphatic heterocycles. The molecule has 41 heavy (non-hydrogen) atoms. The van der Waals surface area contributed by atoms with Crippen LogP contribution in [0, 0.1) is 0 Å². The predicted octanol–water partition coefficient (Wildman–Crippen LogP) is 4.98. The maximum absolute atomic E-state index is 13.5. The lowest BCUT2D eigenvalue weighted by atomic mass is 10.1. The van der Waals surface area contributed by atoms with Crippen LogP contribution < -0.4 is 10.1 Å². The van der Waals surface area contributed by atoms with E-state index >= 15 is 0 Å². The molecule has 3 heterocycles. The summed E-state index contributed by atoms with van der Waals surface area (Å²) in [4.78, 5) is 20.7. The lowest BCUT2D eigenvalue weighted by Gasteiger charge is -2.26. The maximum Gasteiger partial charge on any atom is 0.261 e. The number of nitrogens with one attached hydrogen (secondary N) is 1. The van der Waals surface area contributed by atoms with Gasteiger partial charge in [-0.25, -0.2) is 13.4 Å². The number of carbonyl (C=O) groups excluding carboxylic acids is 1. The van der Waals surface area contributed by atoms with Crippen LogP contribution in [0.5, 0.6) is 5.75 Å². The Morgan fingerprint density at radius 1 is 0.976 bits per heavy atom. The van der Waals surface area contributed by atoms with E-state index in [0.717, 1.165) is 69.3 Å². The highest BCUT2D eigenvalue weighted by Crippen LogP contribution is 2.32. The van der Waals surface area contributed by atoms with E-state index in [1.807, 2.05) is 36.4 Å². The first-order chi connectivity index (χ1) is 20.0. The van der Waals surface area contributed by atoms with Gasteiger partial charge in [-0.1, -0.05) is 35.6 Å². The van der Waals surface area contributed by atoms with Crippen molar-refractivity contribution in [2.24, 2.45) is 0 Å². The summed E-state index contributed by atoms with van der Waals surface area (Å²) in [6, 6.07) is 16.6. The summed E-state index contributed by atoms with van der Waals surface area (Å²) in [5.41, 5.74) is 1.08. The molecule has 0 aliphatic carbocycles. The number of aromatic nitrogens is 1. The Kier molecular flexibility index (Phi) is 8.50. The minimum Gasteiger partial charge on any atom is -0.493 e. The molecule has 11 heteroatoms. The molecule has 216 valence electrons. The minimum atomic E-state index is -3.53. The molecule has 0 radical (unpaired) electrons. The summed E-state index contributed by atoms with van der Waals surface area (Å²) < 4.78 is 39.9. The summed E-state index contributed by atoms with van der Waals surface area (Å²) in [6.07, 6.45) is 3.66. The second-order valence-corrected chi connectivity index (χ2v) is 13.4. The first-order valence-electron chi connectivity index (χ1n) is 14.2. The Labute approximate surface area is 244 Å². The van der Waals surface area contributed by atoms with Gasteiger partial charge in [0.15, 0.2) is 5.13 Å². The number of benzene rings is 3. The van der Waals surface area contributed by atoms with Gasteiger partial charge < -0.3 is 9.47 Å². The van der Waals surface area contributed by atoms with Crippen LogP contribution in [0.1, 0.15) is 36.0 Å². The molecule has 2 saturated heterocycles. The topological polar surface area (TPSA) is 101 Å². The van der Waals surface area contributed by atoms with Crippen LogP contribution in [0.2, 0.25) is 0 Å². The van der Waals surface area contributed by atoms with E-state index in [1.54, 1.807) is 18.2 Å². The van der Waals surface area contributed by atoms with Crippen LogP contribution >= 0.6 is 11.3 Å². The third-order valence-corrected chi connectivity index (χ3v) is 10.4. The van der Waals surface area contributed by atoms with Gasteiger partial charge in [0.05, 0.1) is 40.5 Å². The van der Waals surface area contributed by atoms with Gasteiger partial charge in [-0.15, -0.1) is 0 Å². The molecule has 1 N–H and O–H groups in total. The maximum atomic E-state index is 13.5. The van der Waals surface area contributed by atoms with Gasteiger partial charge in [-0.05, 0) is 73.3 Å². The summed E-state index contributed by atoms with van der Waals surface area (Å²) in [5.74, 6) is 0.218. The van der Waals surface area contributed by atoms with Crippen molar-refractivity contribution in [2.75, 3.05) is 57.9 Å². The van der Waals surface area contributed by atoms with Crippen LogP contribution in [-0.2, 0) is 14.8 Å². The zero-order valence-corrected chi connectivity index (χ0v) is 24.5. The molecule has 2 fully saturated rings. The van der Waals surface area contributed by atoms with Gasteiger partial charge in [0.25, 0.3) is 5.91 Å². The Hall–Kier alpha value is -3.09. The molecule has 2 aliphatic rings. The average molecular weight is 595 g/mol. The minimum absolute atomic E-state index is 0.257. The van der Waals surface area contributed by atoms with E-state index in [4.69, 9.17) is 9.47 Å². The predicted molar refractivity (Wildman–Crippen MR) is 162 cm³/mol. The smallest absolute Gasteiger partial charge is 0.261 e. The van der Waals surface area contributed by atoms with Crippen molar-refractivity contribution in [3.63, 3.8) is 0 Å². The van der Waals surface area contributed by atoms with Crippen LogP contribution in [0.4, 0.5) is 5.13 Å². The van der Waals surface area contributed by atoms with Crippen LogP contribution in [0.25, 0.3) is 21.0 Å². The molecule has 0 spiro atoms. The average Bonchev–Trinajstić information content (AvgIpc) is 3.67. The number of fused-ring (bicyclic) bond motifs is 2. The lowest BCUT2D eigenvalue weighted by Crippen LogP contribution is -2.36. The molecule has 0 bridgehead atoms. The lowest BCUT2D eigenvalue weighted by molar-refractivity contribution is 0.0368. The van der Waals surface area contributed by atoms with Crippen LogP contribution in [0.15, 0.2) is 59.5 Å². The van der Waals surface area contributed by atoms with E-state index in [1.165, 1.54) is 15.6 Å². The SMILES string of the molecule is O=C(Nc1nc2ccc(S(=O)(=O)N3CCCC3)cc2s1)c1cc2ccccc2cc1OCCCCN1CCOCC1. The molecular formula is C30H34N4O5S2. The molecule has 0 unspecified atom stereocenters. The fraction of sp³-hybridized carbons (Fsp3) is 0.400. The first-order valence-corrected chi connectivity index (χ1v) is 16.4. The van der Waals surface area contributed by atoms with Crippen molar-refractivity contribution >= 4 is 53.4 Å². The number of anilines is 1. The van der Waals surface area contributed by atoms with Gasteiger partial charge in [0.2, 0.25) is 10.0 Å². The van der Waals surface area contributed by atoms with E-state index in [0.29, 0.717) is 46.4 Å². The Balaban J connectivity index is 1.17. The van der Waals surface area contributed by atoms with Gasteiger partial charge in [-0.3, -0.25) is 15.0 Å². The highest BCUT2D eigenvalue weighted by molar-refractivity contribution is 7.89. The van der Waals surface area contributed by atoms with Crippen molar-refractivity contribution in [1.29, 1.82) is 0 Å². The fourth-order valence-electron chi connectivity index (χ4n) is 5.32. The molecule has 3 aromatic carbocycles. The molecule has 0 atom stereocenters. The molecule has 4 aromatic rings. The molecule has 1 aromatic heterocycles. The number of carbonyl (C=O) groups is 1. The fourth-order valence-corrected chi connectivity index (χ4v) is 7.84. The first kappa shape index (κ1) is 28.0. The monoisotopic (exact) mass is 594 g/mol. The van der Waals surface area contributed by atoms with Crippen molar-refractivity contribution in [1.82, 2.24) is 14.2 Å². The summed E-state index contributed by atoms with van der Waals surface area (Å²) >= 11 is 1.26. The molecule has 9 nitrogen and oxygen atoms in total. The number of hydrogen-bond donors (Lipinski definition) is 1. The number of unbranched alkanes of at least 4 members (excludes halogenated alkanes) is 1. The Morgan fingerprint density at radius 2 is 1.73 bits per heavy atom. The number of sulfonamides is 1. The van der Waals surface area contributed by atoms with Crippen molar-refractivity contribution < 1.29 is 22.7 Å². The molecule has 1 amide bonds. The highest BCUT2D eigenvalue weighted by atomic mass is 32.2. The summed E-state index contributed by atoms with van der Waals surface area (Å²) in [6.45, 7) is 6.14. The van der Waals surface area contributed by atoms with Gasteiger partial charge in [0.1, 0.15) is 5.75 Å². The van der Waals surface area contributed by atoms with E-state index in [-0.39, 0.29) is 10.8 Å². The zero-order valence-electron chi connectivity index (χ0n) is 22.9. The van der Waals surface area contributed by atoms with Crippen LogP contribution in [-0.4, -0.2) is 81.1 Å². The second kappa shape index (κ2) is 12.4. The van der Waals surface area contributed by atoms with E-state index in [2.05, 4.69) is 15.2 Å². The number of hydrogen-bond acceptors (Lipinski definition) is 8. The highest BCUT2D eigenvalue weighted by Gasteiger charge is 2.27. The van der Waals surface area contributed by atoms with Crippen molar-refractivity contribution in [3.05, 3.63) is 60.2 Å². The largest absolute Gasteiger partial charge is 0.493 e. The number of amides is 1. The Bertz CT molecular complexity index is 1640. The molecule has 6 rings (SSSR count).